The second-order valence-corrected chi connectivity index (χ2v) is 5.25. The van der Waals surface area contributed by atoms with Crippen molar-refractivity contribution in [1.29, 1.82) is 0 Å². The Morgan fingerprint density at radius 2 is 1.77 bits per heavy atom. The van der Waals surface area contributed by atoms with Crippen LogP contribution >= 0.6 is 0 Å². The predicted octanol–water partition coefficient (Wildman–Crippen LogP) is 2.44. The molecule has 0 saturated heterocycles. The average molecular weight is 346 g/mol. The highest BCUT2D eigenvalue weighted by molar-refractivity contribution is 7.79. The minimum atomic E-state index is -5.10. The summed E-state index contributed by atoms with van der Waals surface area (Å²) in [6.45, 7) is 0. The third-order valence-electron chi connectivity index (χ3n) is 2.71. The van der Waals surface area contributed by atoms with E-state index in [9.17, 15) is 35.1 Å². The smallest absolute Gasteiger partial charge is 0.418 e. The summed E-state index contributed by atoms with van der Waals surface area (Å²) in [5, 5.41) is -1.79. The van der Waals surface area contributed by atoms with Gasteiger partial charge >= 0.3 is 12.4 Å². The first-order valence-electron chi connectivity index (χ1n) is 5.43. The lowest BCUT2D eigenvalue weighted by molar-refractivity contribution is -0.142. The number of benzene rings is 1. The molecule has 2 aromatic rings. The molecule has 122 valence electrons. The van der Waals surface area contributed by atoms with Gasteiger partial charge in [0.25, 0.3) is 0 Å². The van der Waals surface area contributed by atoms with Crippen LogP contribution in [0, 0.1) is 0 Å². The van der Waals surface area contributed by atoms with Crippen LogP contribution in [-0.2, 0) is 23.4 Å². The first-order chi connectivity index (χ1) is 9.91. The minimum absolute atomic E-state index is 0.0906. The SMILES string of the molecule is NC(c1nc2c(C(F)(F)F)cc(C(F)(F)F)cc2[nH]1)S(=O)[O-]. The van der Waals surface area contributed by atoms with Crippen molar-refractivity contribution in [3.63, 3.8) is 0 Å². The molecular formula is C10H6F6N3O2S-. The summed E-state index contributed by atoms with van der Waals surface area (Å²) in [6.07, 6.45) is -10.1. The lowest BCUT2D eigenvalue weighted by atomic mass is 10.1. The Labute approximate surface area is 120 Å². The lowest BCUT2D eigenvalue weighted by Gasteiger charge is -2.12. The molecule has 2 rings (SSSR count). The van der Waals surface area contributed by atoms with Crippen molar-refractivity contribution in [2.45, 2.75) is 17.7 Å². The maximum absolute atomic E-state index is 12.9. The van der Waals surface area contributed by atoms with Gasteiger partial charge in [0.1, 0.15) is 16.7 Å². The van der Waals surface area contributed by atoms with E-state index in [-0.39, 0.29) is 6.07 Å². The Bertz CT molecular complexity index is 739. The molecule has 2 atom stereocenters. The molecule has 0 aliphatic rings. The van der Waals surface area contributed by atoms with E-state index in [0.717, 1.165) is 0 Å². The van der Waals surface area contributed by atoms with Crippen LogP contribution < -0.4 is 5.73 Å². The first-order valence-corrected chi connectivity index (χ1v) is 6.56. The molecule has 1 aromatic carbocycles. The zero-order chi connectivity index (χ0) is 16.9. The van der Waals surface area contributed by atoms with Crippen molar-refractivity contribution >= 4 is 22.1 Å². The third kappa shape index (κ3) is 3.08. The maximum Gasteiger partial charge on any atom is 0.418 e. The number of aromatic nitrogens is 2. The highest BCUT2D eigenvalue weighted by Gasteiger charge is 2.39. The van der Waals surface area contributed by atoms with Crippen LogP contribution in [0.4, 0.5) is 26.3 Å². The van der Waals surface area contributed by atoms with Gasteiger partial charge in [-0.05, 0) is 23.2 Å². The van der Waals surface area contributed by atoms with Crippen molar-refractivity contribution in [1.82, 2.24) is 9.97 Å². The van der Waals surface area contributed by atoms with Crippen molar-refractivity contribution < 1.29 is 35.1 Å². The Morgan fingerprint density at radius 3 is 2.23 bits per heavy atom. The Kier molecular flexibility index (Phi) is 3.96. The number of hydrogen-bond acceptors (Lipinski definition) is 4. The molecule has 0 aliphatic carbocycles. The predicted molar refractivity (Wildman–Crippen MR) is 61.9 cm³/mol. The van der Waals surface area contributed by atoms with E-state index < -0.39 is 56.8 Å². The molecule has 0 aliphatic heterocycles. The molecule has 5 nitrogen and oxygen atoms in total. The topological polar surface area (TPSA) is 94.8 Å². The molecule has 1 aromatic heterocycles. The van der Waals surface area contributed by atoms with E-state index >= 15 is 0 Å². The largest absolute Gasteiger partial charge is 0.771 e. The summed E-state index contributed by atoms with van der Waals surface area (Å²) in [7, 11) is 0. The number of nitrogens with one attached hydrogen (secondary N) is 1. The molecule has 0 radical (unpaired) electrons. The fraction of sp³-hybridized carbons (Fsp3) is 0.300. The van der Waals surface area contributed by atoms with E-state index in [1.807, 2.05) is 0 Å². The van der Waals surface area contributed by atoms with E-state index in [0.29, 0.717) is 6.07 Å². The quantitative estimate of drug-likeness (QED) is 0.645. The number of imidazole rings is 1. The van der Waals surface area contributed by atoms with Crippen LogP contribution in [-0.4, -0.2) is 18.7 Å². The molecule has 0 bridgehead atoms. The zero-order valence-corrected chi connectivity index (χ0v) is 11.1. The number of nitrogens with zero attached hydrogens (tertiary/aromatic N) is 1. The highest BCUT2D eigenvalue weighted by atomic mass is 32.2. The third-order valence-corrected chi connectivity index (χ3v) is 3.35. The van der Waals surface area contributed by atoms with Crippen molar-refractivity contribution in [3.05, 3.63) is 29.1 Å². The molecule has 3 N–H and O–H groups in total. The van der Waals surface area contributed by atoms with Crippen molar-refractivity contribution in [2.75, 3.05) is 0 Å². The monoisotopic (exact) mass is 346 g/mol. The molecule has 22 heavy (non-hydrogen) atoms. The summed E-state index contributed by atoms with van der Waals surface area (Å²) in [4.78, 5) is 5.44. The fourth-order valence-corrected chi connectivity index (χ4v) is 2.04. The summed E-state index contributed by atoms with van der Waals surface area (Å²) >= 11 is -2.91. The van der Waals surface area contributed by atoms with Gasteiger partial charge in [-0.15, -0.1) is 0 Å². The van der Waals surface area contributed by atoms with Gasteiger partial charge in [-0.2, -0.15) is 26.3 Å². The summed E-state index contributed by atoms with van der Waals surface area (Å²) < 4.78 is 98.0. The molecule has 2 unspecified atom stereocenters. The van der Waals surface area contributed by atoms with E-state index in [1.54, 1.807) is 0 Å². The molecule has 0 saturated carbocycles. The Balaban J connectivity index is 2.76. The van der Waals surface area contributed by atoms with E-state index in [2.05, 4.69) is 9.97 Å². The number of H-pyrrole nitrogens is 1. The number of rotatable bonds is 2. The number of halogens is 6. The standard InChI is InChI=1S/C10H7F6N3O2S/c11-9(12,13)3-1-4(10(14,15)16)6-5(2-3)18-8(19-6)7(17)22(20)21/h1-2,7H,17H2,(H,18,19)(H,20,21)/p-1. The normalized spacial score (nSPS) is 16.0. The van der Waals surface area contributed by atoms with Gasteiger partial charge in [-0.3, -0.25) is 4.21 Å². The molecule has 0 spiro atoms. The Hall–Kier alpha value is -1.66. The summed E-state index contributed by atoms with van der Waals surface area (Å²) in [6, 6.07) is 0.314. The fourth-order valence-electron chi connectivity index (χ4n) is 1.74. The molecule has 0 fully saturated rings. The number of hydrogen-bond donors (Lipinski definition) is 2. The van der Waals surface area contributed by atoms with Crippen LogP contribution in [0.25, 0.3) is 11.0 Å². The molecule has 0 amide bonds. The molecular weight excluding hydrogens is 340 g/mol. The van der Waals surface area contributed by atoms with Crippen molar-refractivity contribution in [3.8, 4) is 0 Å². The van der Waals surface area contributed by atoms with E-state index in [1.165, 1.54) is 0 Å². The number of fused-ring (bicyclic) bond motifs is 1. The zero-order valence-electron chi connectivity index (χ0n) is 10.2. The maximum atomic E-state index is 12.9. The second kappa shape index (κ2) is 5.21. The van der Waals surface area contributed by atoms with Crippen LogP contribution in [0.1, 0.15) is 22.3 Å². The molecule has 12 heteroatoms. The van der Waals surface area contributed by atoms with Gasteiger partial charge < -0.3 is 15.3 Å². The van der Waals surface area contributed by atoms with Gasteiger partial charge in [-0.1, -0.05) is 0 Å². The van der Waals surface area contributed by atoms with Crippen LogP contribution in [0.2, 0.25) is 0 Å². The van der Waals surface area contributed by atoms with Crippen molar-refractivity contribution in [2.24, 2.45) is 5.73 Å². The number of nitrogens with two attached hydrogens (primary N) is 1. The second-order valence-electron chi connectivity index (χ2n) is 4.22. The summed E-state index contributed by atoms with van der Waals surface area (Å²) in [5.74, 6) is -0.590. The van der Waals surface area contributed by atoms with Crippen LogP contribution in [0.3, 0.4) is 0 Å². The van der Waals surface area contributed by atoms with Crippen LogP contribution in [0.15, 0.2) is 12.1 Å². The first kappa shape index (κ1) is 16.7. The minimum Gasteiger partial charge on any atom is -0.771 e. The van der Waals surface area contributed by atoms with E-state index in [4.69, 9.17) is 5.73 Å². The highest BCUT2D eigenvalue weighted by Crippen LogP contribution is 2.39. The number of alkyl halides is 6. The van der Waals surface area contributed by atoms with Gasteiger partial charge in [0.2, 0.25) is 0 Å². The van der Waals surface area contributed by atoms with Crippen LogP contribution in [0.5, 0.6) is 0 Å². The number of aromatic amines is 1. The average Bonchev–Trinajstić information content (AvgIpc) is 2.77. The van der Waals surface area contributed by atoms with Gasteiger partial charge in [0.05, 0.1) is 16.6 Å². The molecule has 1 heterocycles. The van der Waals surface area contributed by atoms with Gasteiger partial charge in [-0.25, -0.2) is 4.98 Å². The Morgan fingerprint density at radius 1 is 1.18 bits per heavy atom. The van der Waals surface area contributed by atoms with Gasteiger partial charge in [0, 0.05) is 0 Å². The summed E-state index contributed by atoms with van der Waals surface area (Å²) in [5.41, 5.74) is 0.547. The lowest BCUT2D eigenvalue weighted by Crippen LogP contribution is -2.17. The van der Waals surface area contributed by atoms with Gasteiger partial charge in [0.15, 0.2) is 0 Å².